The van der Waals surface area contributed by atoms with Crippen LogP contribution < -0.4 is 15.4 Å². The molecule has 0 radical (unpaired) electrons. The summed E-state index contributed by atoms with van der Waals surface area (Å²) in [5, 5.41) is 13.8. The Bertz CT molecular complexity index is 582. The van der Waals surface area contributed by atoms with Gasteiger partial charge in [-0.3, -0.25) is 4.79 Å². The zero-order valence-corrected chi connectivity index (χ0v) is 12.1. The molecule has 1 aromatic heterocycles. The van der Waals surface area contributed by atoms with Crippen LogP contribution in [0.1, 0.15) is 23.7 Å². The average Bonchev–Trinajstić information content (AvgIpc) is 2.54. The van der Waals surface area contributed by atoms with E-state index in [1.807, 2.05) is 0 Å². The molecule has 2 rings (SSSR count). The molecular formula is C15H18N4O2. The summed E-state index contributed by atoms with van der Waals surface area (Å²) in [6.45, 7) is 2.91. The summed E-state index contributed by atoms with van der Waals surface area (Å²) in [5.74, 6) is 1.58. The first kappa shape index (κ1) is 14.8. The first-order valence-corrected chi connectivity index (χ1v) is 6.76. The zero-order chi connectivity index (χ0) is 15.1. The second-order valence-corrected chi connectivity index (χ2v) is 4.41. The smallest absolute Gasteiger partial charge is 0.256 e. The number of ether oxygens (including phenoxy) is 1. The Morgan fingerprint density at radius 2 is 1.76 bits per heavy atom. The molecule has 0 fully saturated rings. The van der Waals surface area contributed by atoms with Gasteiger partial charge in [0.15, 0.2) is 5.82 Å². The number of aromatic nitrogens is 2. The number of methoxy groups -OCH3 is 1. The van der Waals surface area contributed by atoms with Gasteiger partial charge in [-0.25, -0.2) is 0 Å². The van der Waals surface area contributed by atoms with Gasteiger partial charge in [-0.05, 0) is 42.8 Å². The van der Waals surface area contributed by atoms with Crippen LogP contribution in [0.15, 0.2) is 36.4 Å². The first-order valence-electron chi connectivity index (χ1n) is 6.76. The number of carbonyl (C=O) groups is 1. The summed E-state index contributed by atoms with van der Waals surface area (Å²) in [7, 11) is 1.58. The average molecular weight is 286 g/mol. The van der Waals surface area contributed by atoms with Gasteiger partial charge in [-0.2, -0.15) is 0 Å². The van der Waals surface area contributed by atoms with Crippen molar-refractivity contribution in [1.82, 2.24) is 10.2 Å². The molecule has 0 aliphatic rings. The molecule has 1 heterocycles. The van der Waals surface area contributed by atoms with Crippen molar-refractivity contribution in [3.05, 3.63) is 42.0 Å². The Morgan fingerprint density at radius 3 is 2.33 bits per heavy atom. The van der Waals surface area contributed by atoms with E-state index in [4.69, 9.17) is 4.74 Å². The van der Waals surface area contributed by atoms with Gasteiger partial charge in [0.2, 0.25) is 0 Å². The maximum absolute atomic E-state index is 12.0. The summed E-state index contributed by atoms with van der Waals surface area (Å²) >= 11 is 0. The van der Waals surface area contributed by atoms with Crippen molar-refractivity contribution < 1.29 is 9.53 Å². The van der Waals surface area contributed by atoms with Crippen LogP contribution in [-0.2, 0) is 0 Å². The molecule has 2 aromatic rings. The van der Waals surface area contributed by atoms with Crippen molar-refractivity contribution in [3.63, 3.8) is 0 Å². The van der Waals surface area contributed by atoms with Crippen LogP contribution in [0.2, 0.25) is 0 Å². The minimum absolute atomic E-state index is 0.235. The van der Waals surface area contributed by atoms with Crippen molar-refractivity contribution in [3.8, 4) is 5.75 Å². The van der Waals surface area contributed by atoms with E-state index in [0.29, 0.717) is 22.9 Å². The summed E-state index contributed by atoms with van der Waals surface area (Å²) in [6.07, 6.45) is 1.01. The van der Waals surface area contributed by atoms with Gasteiger partial charge in [-0.1, -0.05) is 6.92 Å². The number of rotatable bonds is 6. The van der Waals surface area contributed by atoms with Gasteiger partial charge in [-0.15, -0.1) is 10.2 Å². The number of carbonyl (C=O) groups excluding carboxylic acids is 1. The number of benzene rings is 1. The molecule has 110 valence electrons. The van der Waals surface area contributed by atoms with E-state index in [2.05, 4.69) is 27.8 Å². The van der Waals surface area contributed by atoms with E-state index < -0.39 is 0 Å². The number of hydrogen-bond donors (Lipinski definition) is 2. The van der Waals surface area contributed by atoms with Crippen LogP contribution in [-0.4, -0.2) is 29.8 Å². The van der Waals surface area contributed by atoms with Gasteiger partial charge in [0.1, 0.15) is 11.6 Å². The van der Waals surface area contributed by atoms with E-state index in [0.717, 1.165) is 13.0 Å². The molecule has 0 aliphatic heterocycles. The summed E-state index contributed by atoms with van der Waals surface area (Å²) in [6, 6.07) is 10.4. The Hall–Kier alpha value is -2.63. The molecule has 0 atom stereocenters. The minimum atomic E-state index is -0.235. The van der Waals surface area contributed by atoms with Gasteiger partial charge < -0.3 is 15.4 Å². The normalized spacial score (nSPS) is 10.0. The SMILES string of the molecule is CCCNc1ccc(NC(=O)c2ccc(OC)cc2)nn1. The Balaban J connectivity index is 1.98. The number of anilines is 2. The zero-order valence-electron chi connectivity index (χ0n) is 12.1. The predicted octanol–water partition coefficient (Wildman–Crippen LogP) is 2.56. The topological polar surface area (TPSA) is 76.1 Å². The van der Waals surface area contributed by atoms with E-state index in [-0.39, 0.29) is 5.91 Å². The highest BCUT2D eigenvalue weighted by molar-refractivity contribution is 6.03. The van der Waals surface area contributed by atoms with Crippen molar-refractivity contribution in [2.75, 3.05) is 24.3 Å². The lowest BCUT2D eigenvalue weighted by atomic mass is 10.2. The third-order valence-electron chi connectivity index (χ3n) is 2.81. The number of nitrogens with one attached hydrogen (secondary N) is 2. The van der Waals surface area contributed by atoms with Gasteiger partial charge in [0.25, 0.3) is 5.91 Å². The lowest BCUT2D eigenvalue weighted by Gasteiger charge is -2.06. The fourth-order valence-corrected chi connectivity index (χ4v) is 1.68. The minimum Gasteiger partial charge on any atom is -0.497 e. The second kappa shape index (κ2) is 7.23. The van der Waals surface area contributed by atoms with Crippen molar-refractivity contribution >= 4 is 17.5 Å². The summed E-state index contributed by atoms with van der Waals surface area (Å²) in [5.41, 5.74) is 0.533. The first-order chi connectivity index (χ1) is 10.2. The molecule has 0 bridgehead atoms. The third kappa shape index (κ3) is 4.17. The highest BCUT2D eigenvalue weighted by Crippen LogP contribution is 2.13. The largest absolute Gasteiger partial charge is 0.497 e. The van der Waals surface area contributed by atoms with Crippen LogP contribution >= 0.6 is 0 Å². The van der Waals surface area contributed by atoms with Gasteiger partial charge in [0.05, 0.1) is 7.11 Å². The van der Waals surface area contributed by atoms with Crippen LogP contribution in [0.4, 0.5) is 11.6 Å². The van der Waals surface area contributed by atoms with Crippen molar-refractivity contribution in [2.24, 2.45) is 0 Å². The van der Waals surface area contributed by atoms with E-state index in [1.54, 1.807) is 43.5 Å². The third-order valence-corrected chi connectivity index (χ3v) is 2.81. The standard InChI is InChI=1S/C15H18N4O2/c1-3-10-16-13-8-9-14(19-18-13)17-15(20)11-4-6-12(21-2)7-5-11/h4-9H,3,10H2,1-2H3,(H,16,18)(H,17,19,20). The van der Waals surface area contributed by atoms with Gasteiger partial charge in [0, 0.05) is 12.1 Å². The molecule has 6 heteroatoms. The quantitative estimate of drug-likeness (QED) is 0.853. The lowest BCUT2D eigenvalue weighted by Crippen LogP contribution is -2.13. The molecule has 0 unspecified atom stereocenters. The van der Waals surface area contributed by atoms with Gasteiger partial charge >= 0.3 is 0 Å². The summed E-state index contributed by atoms with van der Waals surface area (Å²) < 4.78 is 5.05. The molecule has 0 saturated carbocycles. The molecule has 6 nitrogen and oxygen atoms in total. The fourth-order valence-electron chi connectivity index (χ4n) is 1.68. The molecule has 1 aromatic carbocycles. The predicted molar refractivity (Wildman–Crippen MR) is 81.8 cm³/mol. The number of nitrogens with zero attached hydrogens (tertiary/aromatic N) is 2. The van der Waals surface area contributed by atoms with Crippen molar-refractivity contribution in [1.29, 1.82) is 0 Å². The van der Waals surface area contributed by atoms with Crippen LogP contribution in [0.3, 0.4) is 0 Å². The Morgan fingerprint density at radius 1 is 1.10 bits per heavy atom. The van der Waals surface area contributed by atoms with Crippen molar-refractivity contribution in [2.45, 2.75) is 13.3 Å². The molecule has 2 N–H and O–H groups in total. The molecule has 0 aliphatic carbocycles. The van der Waals surface area contributed by atoms with E-state index in [1.165, 1.54) is 0 Å². The second-order valence-electron chi connectivity index (χ2n) is 4.41. The number of hydrogen-bond acceptors (Lipinski definition) is 5. The maximum atomic E-state index is 12.0. The molecule has 21 heavy (non-hydrogen) atoms. The molecular weight excluding hydrogens is 268 g/mol. The Kier molecular flexibility index (Phi) is 5.09. The maximum Gasteiger partial charge on any atom is 0.256 e. The highest BCUT2D eigenvalue weighted by atomic mass is 16.5. The molecule has 1 amide bonds. The molecule has 0 spiro atoms. The number of amides is 1. The van der Waals surface area contributed by atoms with E-state index >= 15 is 0 Å². The van der Waals surface area contributed by atoms with Crippen LogP contribution in [0.5, 0.6) is 5.75 Å². The highest BCUT2D eigenvalue weighted by Gasteiger charge is 2.07. The molecule has 0 saturated heterocycles. The van der Waals surface area contributed by atoms with Crippen LogP contribution in [0.25, 0.3) is 0 Å². The Labute approximate surface area is 123 Å². The van der Waals surface area contributed by atoms with Crippen LogP contribution in [0, 0.1) is 0 Å². The fraction of sp³-hybridized carbons (Fsp3) is 0.267. The monoisotopic (exact) mass is 286 g/mol. The summed E-state index contributed by atoms with van der Waals surface area (Å²) in [4.78, 5) is 12.0. The van der Waals surface area contributed by atoms with E-state index in [9.17, 15) is 4.79 Å². The lowest BCUT2D eigenvalue weighted by molar-refractivity contribution is 0.102.